The van der Waals surface area contributed by atoms with Gasteiger partial charge in [-0.1, -0.05) is 11.6 Å². The molecule has 2 N–H and O–H groups in total. The van der Waals surface area contributed by atoms with E-state index in [4.69, 9.17) is 17.3 Å². The van der Waals surface area contributed by atoms with Crippen LogP contribution in [0.2, 0.25) is 4.34 Å². The number of carbonyl (C=O) groups is 1. The van der Waals surface area contributed by atoms with E-state index in [2.05, 4.69) is 4.74 Å². The van der Waals surface area contributed by atoms with E-state index in [1.54, 1.807) is 6.07 Å². The highest BCUT2D eigenvalue weighted by molar-refractivity contribution is 7.16. The smallest absolute Gasteiger partial charge is 0.307 e. The summed E-state index contributed by atoms with van der Waals surface area (Å²) in [5, 5.41) is 0. The van der Waals surface area contributed by atoms with Gasteiger partial charge in [-0.2, -0.15) is 0 Å². The molecule has 0 aliphatic carbocycles. The lowest BCUT2D eigenvalue weighted by Crippen LogP contribution is -2.14. The molecule has 0 fully saturated rings. The van der Waals surface area contributed by atoms with Crippen LogP contribution in [0.4, 0.5) is 0 Å². The van der Waals surface area contributed by atoms with Crippen molar-refractivity contribution in [3.8, 4) is 0 Å². The van der Waals surface area contributed by atoms with E-state index in [0.717, 1.165) is 4.88 Å². The number of esters is 1. The van der Waals surface area contributed by atoms with Gasteiger partial charge in [0, 0.05) is 10.9 Å². The summed E-state index contributed by atoms with van der Waals surface area (Å²) in [6.45, 7) is 0. The summed E-state index contributed by atoms with van der Waals surface area (Å²) in [6.07, 6.45) is 0.188. The van der Waals surface area contributed by atoms with Crippen LogP contribution in [0.5, 0.6) is 0 Å². The zero-order valence-corrected chi connectivity index (χ0v) is 8.69. The second-order valence-electron chi connectivity index (χ2n) is 2.53. The molecule has 1 atom stereocenters. The molecule has 1 aromatic heterocycles. The molecule has 0 aromatic carbocycles. The van der Waals surface area contributed by atoms with Crippen molar-refractivity contribution in [3.05, 3.63) is 21.3 Å². The fourth-order valence-corrected chi connectivity index (χ4v) is 1.95. The second-order valence-corrected chi connectivity index (χ2v) is 4.28. The van der Waals surface area contributed by atoms with E-state index in [1.165, 1.54) is 18.4 Å². The van der Waals surface area contributed by atoms with Crippen LogP contribution in [0.15, 0.2) is 12.1 Å². The quantitative estimate of drug-likeness (QED) is 0.791. The molecule has 1 rings (SSSR count). The number of hydrogen-bond donors (Lipinski definition) is 1. The molecule has 3 nitrogen and oxygen atoms in total. The summed E-state index contributed by atoms with van der Waals surface area (Å²) in [6, 6.07) is 3.27. The SMILES string of the molecule is COC(=O)CC(N)c1ccc(Cl)s1. The van der Waals surface area contributed by atoms with Crippen LogP contribution in [-0.4, -0.2) is 13.1 Å². The minimum Gasteiger partial charge on any atom is -0.469 e. The molecule has 1 unspecified atom stereocenters. The molecular weight excluding hydrogens is 210 g/mol. The van der Waals surface area contributed by atoms with E-state index in [9.17, 15) is 4.79 Å². The van der Waals surface area contributed by atoms with Crippen LogP contribution < -0.4 is 5.73 Å². The van der Waals surface area contributed by atoms with Crippen molar-refractivity contribution in [2.75, 3.05) is 7.11 Å². The Hall–Kier alpha value is -0.580. The van der Waals surface area contributed by atoms with Crippen molar-refractivity contribution < 1.29 is 9.53 Å². The van der Waals surface area contributed by atoms with Crippen LogP contribution in [0, 0.1) is 0 Å². The van der Waals surface area contributed by atoms with Crippen molar-refractivity contribution in [1.82, 2.24) is 0 Å². The first-order valence-corrected chi connectivity index (χ1v) is 4.90. The number of hydrogen-bond acceptors (Lipinski definition) is 4. The standard InChI is InChI=1S/C8H10ClNO2S/c1-12-8(11)4-5(10)6-2-3-7(9)13-6/h2-3,5H,4,10H2,1H3. The van der Waals surface area contributed by atoms with Crippen molar-refractivity contribution in [1.29, 1.82) is 0 Å². The number of thiophene rings is 1. The zero-order valence-electron chi connectivity index (χ0n) is 7.12. The number of carbonyl (C=O) groups excluding carboxylic acids is 1. The van der Waals surface area contributed by atoms with Crippen molar-refractivity contribution in [2.24, 2.45) is 5.73 Å². The Morgan fingerprint density at radius 2 is 2.46 bits per heavy atom. The molecule has 0 aliphatic rings. The average molecular weight is 220 g/mol. The Labute approximate surface area is 85.4 Å². The largest absolute Gasteiger partial charge is 0.469 e. The van der Waals surface area contributed by atoms with Gasteiger partial charge in [0.1, 0.15) is 0 Å². The first kappa shape index (κ1) is 10.5. The summed E-state index contributed by atoms with van der Waals surface area (Å²) >= 11 is 7.10. The molecule has 0 bridgehead atoms. The summed E-state index contributed by atoms with van der Waals surface area (Å²) in [5.74, 6) is -0.308. The minimum absolute atomic E-state index is 0.188. The van der Waals surface area contributed by atoms with Crippen LogP contribution >= 0.6 is 22.9 Å². The summed E-state index contributed by atoms with van der Waals surface area (Å²) in [5.41, 5.74) is 5.74. The number of nitrogens with two attached hydrogens (primary N) is 1. The molecule has 0 radical (unpaired) electrons. The third-order valence-electron chi connectivity index (χ3n) is 1.57. The molecule has 1 aromatic rings. The Morgan fingerprint density at radius 1 is 1.77 bits per heavy atom. The maximum absolute atomic E-state index is 10.9. The zero-order chi connectivity index (χ0) is 9.84. The summed E-state index contributed by atoms with van der Waals surface area (Å²) in [4.78, 5) is 11.8. The van der Waals surface area contributed by atoms with Gasteiger partial charge in [0.05, 0.1) is 17.9 Å². The Kier molecular flexibility index (Phi) is 3.71. The van der Waals surface area contributed by atoms with Gasteiger partial charge in [0.2, 0.25) is 0 Å². The molecule has 5 heteroatoms. The van der Waals surface area contributed by atoms with E-state index >= 15 is 0 Å². The van der Waals surface area contributed by atoms with Gasteiger partial charge in [-0.05, 0) is 12.1 Å². The van der Waals surface area contributed by atoms with Crippen molar-refractivity contribution >= 4 is 28.9 Å². The summed E-state index contributed by atoms with van der Waals surface area (Å²) < 4.78 is 5.18. The third kappa shape index (κ3) is 2.99. The molecule has 1 heterocycles. The Morgan fingerprint density at radius 3 is 2.92 bits per heavy atom. The molecule has 0 saturated heterocycles. The van der Waals surface area contributed by atoms with Gasteiger partial charge >= 0.3 is 5.97 Å². The van der Waals surface area contributed by atoms with Crippen LogP contribution in [-0.2, 0) is 9.53 Å². The second kappa shape index (κ2) is 4.60. The molecular formula is C8H10ClNO2S. The average Bonchev–Trinajstić information content (AvgIpc) is 2.51. The maximum atomic E-state index is 10.9. The molecule has 0 saturated carbocycles. The predicted octanol–water partition coefficient (Wildman–Crippen LogP) is 1.96. The van der Waals surface area contributed by atoms with Gasteiger partial charge in [0.25, 0.3) is 0 Å². The van der Waals surface area contributed by atoms with E-state index in [1.807, 2.05) is 6.07 Å². The highest BCUT2D eigenvalue weighted by atomic mass is 35.5. The monoisotopic (exact) mass is 219 g/mol. The highest BCUT2D eigenvalue weighted by Crippen LogP contribution is 2.27. The van der Waals surface area contributed by atoms with E-state index < -0.39 is 0 Å². The lowest BCUT2D eigenvalue weighted by molar-refractivity contribution is -0.141. The van der Waals surface area contributed by atoms with Crippen LogP contribution in [0.3, 0.4) is 0 Å². The van der Waals surface area contributed by atoms with Gasteiger partial charge in [-0.3, -0.25) is 4.79 Å². The van der Waals surface area contributed by atoms with Crippen molar-refractivity contribution in [2.45, 2.75) is 12.5 Å². The van der Waals surface area contributed by atoms with Crippen LogP contribution in [0.1, 0.15) is 17.3 Å². The predicted molar refractivity (Wildman–Crippen MR) is 52.9 cm³/mol. The Bertz CT molecular complexity index is 300. The number of halogens is 1. The highest BCUT2D eigenvalue weighted by Gasteiger charge is 2.13. The van der Waals surface area contributed by atoms with Crippen LogP contribution in [0.25, 0.3) is 0 Å². The number of ether oxygens (including phenoxy) is 1. The van der Waals surface area contributed by atoms with Gasteiger partial charge in [-0.25, -0.2) is 0 Å². The van der Waals surface area contributed by atoms with Crippen molar-refractivity contribution in [3.63, 3.8) is 0 Å². The molecule has 0 aliphatic heterocycles. The Balaban J connectivity index is 2.58. The molecule has 0 spiro atoms. The van der Waals surface area contributed by atoms with E-state index in [0.29, 0.717) is 4.34 Å². The topological polar surface area (TPSA) is 52.3 Å². The van der Waals surface area contributed by atoms with E-state index in [-0.39, 0.29) is 18.4 Å². The normalized spacial score (nSPS) is 12.5. The number of rotatable bonds is 3. The number of methoxy groups -OCH3 is 1. The fraction of sp³-hybridized carbons (Fsp3) is 0.375. The first-order chi connectivity index (χ1) is 6.13. The van der Waals surface area contributed by atoms with Gasteiger partial charge < -0.3 is 10.5 Å². The van der Waals surface area contributed by atoms with Gasteiger partial charge in [0.15, 0.2) is 0 Å². The lowest BCUT2D eigenvalue weighted by Gasteiger charge is -2.06. The summed E-state index contributed by atoms with van der Waals surface area (Å²) in [7, 11) is 1.34. The first-order valence-electron chi connectivity index (χ1n) is 3.71. The van der Waals surface area contributed by atoms with Gasteiger partial charge in [-0.15, -0.1) is 11.3 Å². The third-order valence-corrected chi connectivity index (χ3v) is 2.94. The maximum Gasteiger partial charge on any atom is 0.307 e. The lowest BCUT2D eigenvalue weighted by atomic mass is 10.2. The molecule has 13 heavy (non-hydrogen) atoms. The molecule has 0 amide bonds. The minimum atomic E-state index is -0.315. The fourth-order valence-electron chi connectivity index (χ4n) is 0.891. The molecule has 72 valence electrons.